The van der Waals surface area contributed by atoms with E-state index < -0.39 is 0 Å². The lowest BCUT2D eigenvalue weighted by atomic mass is 10.1. The lowest BCUT2D eigenvalue weighted by Crippen LogP contribution is -2.28. The number of nitrogens with one attached hydrogen (secondary N) is 1. The van der Waals surface area contributed by atoms with Crippen molar-refractivity contribution in [2.45, 2.75) is 33.6 Å². The number of amides is 1. The number of hydrogen-bond acceptors (Lipinski definition) is 4. The molecule has 0 spiro atoms. The van der Waals surface area contributed by atoms with E-state index in [0.717, 1.165) is 51.6 Å². The first-order chi connectivity index (χ1) is 15.5. The van der Waals surface area contributed by atoms with Crippen LogP contribution in [0.5, 0.6) is 5.75 Å². The van der Waals surface area contributed by atoms with E-state index in [1.165, 1.54) is 0 Å². The molecule has 0 aliphatic rings. The molecule has 6 nitrogen and oxygen atoms in total. The first kappa shape index (κ1) is 21.6. The minimum absolute atomic E-state index is 0.0151. The Morgan fingerprint density at radius 1 is 1.06 bits per heavy atom. The zero-order valence-electron chi connectivity index (χ0n) is 18.8. The molecule has 32 heavy (non-hydrogen) atoms. The molecule has 1 N–H and O–H groups in total. The molecule has 4 aromatic rings. The maximum Gasteiger partial charge on any atom is 0.224 e. The van der Waals surface area contributed by atoms with Crippen molar-refractivity contribution in [1.82, 2.24) is 19.9 Å². The summed E-state index contributed by atoms with van der Waals surface area (Å²) in [6, 6.07) is 20.0. The second-order valence-corrected chi connectivity index (χ2v) is 7.78. The molecule has 0 fully saturated rings. The molecule has 0 aliphatic carbocycles. The van der Waals surface area contributed by atoms with Gasteiger partial charge < -0.3 is 10.1 Å². The van der Waals surface area contributed by atoms with E-state index in [9.17, 15) is 4.79 Å². The predicted molar refractivity (Wildman–Crippen MR) is 126 cm³/mol. The minimum atomic E-state index is -0.0151. The summed E-state index contributed by atoms with van der Waals surface area (Å²) in [6.07, 6.45) is 1.05. The third kappa shape index (κ3) is 4.80. The van der Waals surface area contributed by atoms with Gasteiger partial charge in [0.2, 0.25) is 5.91 Å². The maximum absolute atomic E-state index is 12.6. The molecule has 2 aromatic heterocycles. The summed E-state index contributed by atoms with van der Waals surface area (Å²) in [5, 5.41) is 7.75. The number of carbonyl (C=O) groups is 1. The van der Waals surface area contributed by atoms with Gasteiger partial charge in [0, 0.05) is 35.1 Å². The first-order valence-corrected chi connectivity index (χ1v) is 10.9. The Morgan fingerprint density at radius 3 is 2.53 bits per heavy atom. The number of fused-ring (bicyclic) bond motifs is 1. The van der Waals surface area contributed by atoms with Gasteiger partial charge in [-0.1, -0.05) is 42.5 Å². The van der Waals surface area contributed by atoms with Crippen molar-refractivity contribution in [3.05, 3.63) is 83.2 Å². The topological polar surface area (TPSA) is 68.5 Å². The average Bonchev–Trinajstić information content (AvgIpc) is 3.23. The number of benzene rings is 2. The highest BCUT2D eigenvalue weighted by atomic mass is 16.5. The Kier molecular flexibility index (Phi) is 6.50. The molecular weight excluding hydrogens is 400 g/mol. The Hall–Kier alpha value is -3.67. The van der Waals surface area contributed by atoms with Gasteiger partial charge in [0.15, 0.2) is 5.65 Å². The standard InChI is InChI=1S/C26H28N4O2/c1-4-32-22-12-10-20(11-13-22)14-15-27-26(31)16-23-18(2)28-25-17-24(29-30(25)19(23)3)21-8-6-5-7-9-21/h5-13,17H,4,14-16H2,1-3H3,(H,27,31). The van der Waals surface area contributed by atoms with Crippen molar-refractivity contribution in [3.8, 4) is 17.0 Å². The molecule has 1 amide bonds. The molecular formula is C26H28N4O2. The third-order valence-electron chi connectivity index (χ3n) is 5.54. The lowest BCUT2D eigenvalue weighted by molar-refractivity contribution is -0.120. The van der Waals surface area contributed by atoms with Crippen LogP contribution in [0, 0.1) is 13.8 Å². The van der Waals surface area contributed by atoms with Crippen LogP contribution in [0.2, 0.25) is 0 Å². The van der Waals surface area contributed by atoms with E-state index in [1.54, 1.807) is 0 Å². The third-order valence-corrected chi connectivity index (χ3v) is 5.54. The van der Waals surface area contributed by atoms with Crippen LogP contribution in [0.15, 0.2) is 60.7 Å². The smallest absolute Gasteiger partial charge is 0.224 e. The van der Waals surface area contributed by atoms with Gasteiger partial charge in [-0.25, -0.2) is 9.50 Å². The number of ether oxygens (including phenoxy) is 1. The summed E-state index contributed by atoms with van der Waals surface area (Å²) in [7, 11) is 0. The second-order valence-electron chi connectivity index (χ2n) is 7.78. The van der Waals surface area contributed by atoms with Gasteiger partial charge in [-0.2, -0.15) is 5.10 Å². The maximum atomic E-state index is 12.6. The van der Waals surface area contributed by atoms with E-state index in [2.05, 4.69) is 5.32 Å². The van der Waals surface area contributed by atoms with Gasteiger partial charge in [0.05, 0.1) is 18.7 Å². The zero-order chi connectivity index (χ0) is 22.5. The molecule has 0 unspecified atom stereocenters. The van der Waals surface area contributed by atoms with Gasteiger partial charge in [0.25, 0.3) is 0 Å². The van der Waals surface area contributed by atoms with Gasteiger partial charge in [-0.3, -0.25) is 4.79 Å². The van der Waals surface area contributed by atoms with E-state index in [4.69, 9.17) is 14.8 Å². The molecule has 4 rings (SSSR count). The van der Waals surface area contributed by atoms with E-state index in [-0.39, 0.29) is 12.3 Å². The quantitative estimate of drug-likeness (QED) is 0.454. The predicted octanol–water partition coefficient (Wildman–Crippen LogP) is 4.31. The number of nitrogens with zero attached hydrogens (tertiary/aromatic N) is 3. The van der Waals surface area contributed by atoms with Gasteiger partial charge in [0.1, 0.15) is 5.75 Å². The summed E-state index contributed by atoms with van der Waals surface area (Å²) in [4.78, 5) is 17.3. The molecule has 164 valence electrons. The van der Waals surface area contributed by atoms with Crippen molar-refractivity contribution in [3.63, 3.8) is 0 Å². The van der Waals surface area contributed by atoms with Crippen LogP contribution in [0.4, 0.5) is 0 Å². The molecule has 2 heterocycles. The Balaban J connectivity index is 1.42. The second kappa shape index (κ2) is 9.64. The Labute approximate surface area is 188 Å². The molecule has 0 bridgehead atoms. The minimum Gasteiger partial charge on any atom is -0.494 e. The number of carbonyl (C=O) groups excluding carboxylic acids is 1. The van der Waals surface area contributed by atoms with Crippen LogP contribution in [0.1, 0.15) is 29.4 Å². The van der Waals surface area contributed by atoms with E-state index in [0.29, 0.717) is 13.2 Å². The van der Waals surface area contributed by atoms with Crippen LogP contribution in [0.3, 0.4) is 0 Å². The van der Waals surface area contributed by atoms with Gasteiger partial charge >= 0.3 is 0 Å². The average molecular weight is 429 g/mol. The first-order valence-electron chi connectivity index (χ1n) is 10.9. The molecule has 6 heteroatoms. The number of aromatic nitrogens is 3. The number of rotatable bonds is 8. The monoisotopic (exact) mass is 428 g/mol. The zero-order valence-corrected chi connectivity index (χ0v) is 18.8. The van der Waals surface area contributed by atoms with Crippen LogP contribution < -0.4 is 10.1 Å². The Bertz CT molecular complexity index is 1210. The molecule has 0 saturated carbocycles. The van der Waals surface area contributed by atoms with Crippen LogP contribution in [-0.4, -0.2) is 33.7 Å². The van der Waals surface area contributed by atoms with E-state index in [1.807, 2.05) is 86.0 Å². The summed E-state index contributed by atoms with van der Waals surface area (Å²) < 4.78 is 7.30. The molecule has 0 atom stereocenters. The van der Waals surface area contributed by atoms with Crippen LogP contribution in [0.25, 0.3) is 16.9 Å². The largest absolute Gasteiger partial charge is 0.494 e. The summed E-state index contributed by atoms with van der Waals surface area (Å²) in [5.41, 5.74) is 6.58. The van der Waals surface area contributed by atoms with Crippen molar-refractivity contribution in [2.24, 2.45) is 0 Å². The molecule has 0 aliphatic heterocycles. The van der Waals surface area contributed by atoms with Crippen LogP contribution in [-0.2, 0) is 17.6 Å². The fourth-order valence-corrected chi connectivity index (χ4v) is 3.82. The fraction of sp³-hybridized carbons (Fsp3) is 0.269. The highest BCUT2D eigenvalue weighted by Crippen LogP contribution is 2.22. The van der Waals surface area contributed by atoms with Crippen molar-refractivity contribution >= 4 is 11.6 Å². The highest BCUT2D eigenvalue weighted by Gasteiger charge is 2.15. The SMILES string of the molecule is CCOc1ccc(CCNC(=O)Cc2c(C)nc3cc(-c4ccccc4)nn3c2C)cc1. The van der Waals surface area contributed by atoms with Crippen molar-refractivity contribution < 1.29 is 9.53 Å². The van der Waals surface area contributed by atoms with E-state index >= 15 is 0 Å². The summed E-state index contributed by atoms with van der Waals surface area (Å²) >= 11 is 0. The number of aryl methyl sites for hydroxylation is 2. The van der Waals surface area contributed by atoms with Crippen molar-refractivity contribution in [1.29, 1.82) is 0 Å². The Morgan fingerprint density at radius 2 is 1.81 bits per heavy atom. The highest BCUT2D eigenvalue weighted by molar-refractivity contribution is 5.79. The lowest BCUT2D eigenvalue weighted by Gasteiger charge is -2.11. The fourth-order valence-electron chi connectivity index (χ4n) is 3.82. The van der Waals surface area contributed by atoms with Crippen LogP contribution >= 0.6 is 0 Å². The molecule has 0 saturated heterocycles. The van der Waals surface area contributed by atoms with Gasteiger partial charge in [-0.05, 0) is 44.9 Å². The van der Waals surface area contributed by atoms with Crippen molar-refractivity contribution in [2.75, 3.05) is 13.2 Å². The number of hydrogen-bond donors (Lipinski definition) is 1. The molecule has 0 radical (unpaired) electrons. The normalized spacial score (nSPS) is 11.0. The summed E-state index contributed by atoms with van der Waals surface area (Å²) in [6.45, 7) is 7.15. The molecule has 2 aromatic carbocycles. The van der Waals surface area contributed by atoms with Gasteiger partial charge in [-0.15, -0.1) is 0 Å². The summed E-state index contributed by atoms with van der Waals surface area (Å²) in [5.74, 6) is 0.849.